The number of thiocarbonyl (C=S) groups is 1. The van der Waals surface area contributed by atoms with E-state index < -0.39 is 5.91 Å². The molecule has 0 unspecified atom stereocenters. The predicted octanol–water partition coefficient (Wildman–Crippen LogP) is 1.87. The Balaban J connectivity index is 2.21. The number of amides is 1. The van der Waals surface area contributed by atoms with Gasteiger partial charge in [-0.15, -0.1) is 0 Å². The molecule has 104 valence electrons. The Morgan fingerprint density at radius 2 is 2.20 bits per heavy atom. The summed E-state index contributed by atoms with van der Waals surface area (Å²) < 4.78 is 0. The molecule has 1 aromatic rings. The second-order valence-corrected chi connectivity index (χ2v) is 5.03. The number of nitrogens with one attached hydrogen (secondary N) is 2. The van der Waals surface area contributed by atoms with E-state index in [1.165, 1.54) is 0 Å². The Kier molecular flexibility index (Phi) is 4.12. The molecular weight excluding hydrogens is 321 g/mol. The molecule has 0 spiro atoms. The number of hydrazone groups is 1. The molecule has 0 aliphatic carbocycles. The minimum Gasteiger partial charge on any atom is -0.374 e. The van der Waals surface area contributed by atoms with Crippen molar-refractivity contribution in [3.05, 3.63) is 40.5 Å². The van der Waals surface area contributed by atoms with Crippen LogP contribution in [0.3, 0.4) is 0 Å². The van der Waals surface area contributed by atoms with Crippen molar-refractivity contribution in [2.75, 3.05) is 5.43 Å². The van der Waals surface area contributed by atoms with Crippen LogP contribution in [0.25, 0.3) is 0 Å². The van der Waals surface area contributed by atoms with E-state index in [1.54, 1.807) is 18.2 Å². The van der Waals surface area contributed by atoms with Gasteiger partial charge in [-0.2, -0.15) is 10.1 Å². The maximum absolute atomic E-state index is 11.9. The third-order valence-electron chi connectivity index (χ3n) is 2.38. The molecule has 1 saturated heterocycles. The van der Waals surface area contributed by atoms with Crippen molar-refractivity contribution in [2.45, 2.75) is 0 Å². The average molecular weight is 330 g/mol. The number of carbonyl (C=O) groups excluding carboxylic acids is 1. The number of hydrazine groups is 1. The Hall–Kier alpha value is -1.83. The van der Waals surface area contributed by atoms with Gasteiger partial charge in [0.25, 0.3) is 0 Å². The van der Waals surface area contributed by atoms with E-state index in [-0.39, 0.29) is 16.5 Å². The molecule has 1 aliphatic rings. The number of halogens is 2. The highest BCUT2D eigenvalue weighted by Crippen LogP contribution is 2.25. The first-order chi connectivity index (χ1) is 9.40. The van der Waals surface area contributed by atoms with Crippen LogP contribution in [0.2, 0.25) is 10.0 Å². The molecule has 9 heteroatoms. The zero-order chi connectivity index (χ0) is 14.9. The zero-order valence-corrected chi connectivity index (χ0v) is 12.3. The lowest BCUT2D eigenvalue weighted by molar-refractivity contribution is -0.120. The number of rotatable bonds is 2. The van der Waals surface area contributed by atoms with Crippen LogP contribution in [0, 0.1) is 0 Å². The molecule has 1 aliphatic heterocycles. The standard InChI is InChI=1S/C11H9Cl2N5OS/c1-5-9(10(19)18(17-5)11(14)20)16-15-8-3-2-6(12)4-7(8)13/h2-4,15,17H,1H2,(H2,14,20). The Morgan fingerprint density at radius 1 is 1.50 bits per heavy atom. The molecule has 0 radical (unpaired) electrons. The number of carbonyl (C=O) groups is 1. The number of nitrogens with zero attached hydrogens (tertiary/aromatic N) is 2. The van der Waals surface area contributed by atoms with E-state index in [0.717, 1.165) is 5.01 Å². The third kappa shape index (κ3) is 2.84. The molecule has 4 N–H and O–H groups in total. The van der Waals surface area contributed by atoms with Gasteiger partial charge in [-0.1, -0.05) is 29.8 Å². The van der Waals surface area contributed by atoms with Crippen LogP contribution >= 0.6 is 35.4 Å². The van der Waals surface area contributed by atoms with Crippen LogP contribution in [0.5, 0.6) is 0 Å². The molecule has 1 amide bonds. The van der Waals surface area contributed by atoms with Crippen molar-refractivity contribution < 1.29 is 4.79 Å². The van der Waals surface area contributed by atoms with Gasteiger partial charge in [-0.3, -0.25) is 15.6 Å². The molecule has 1 aromatic carbocycles. The molecule has 20 heavy (non-hydrogen) atoms. The highest BCUT2D eigenvalue weighted by molar-refractivity contribution is 7.80. The lowest BCUT2D eigenvalue weighted by Crippen LogP contribution is -2.43. The summed E-state index contributed by atoms with van der Waals surface area (Å²) in [6.45, 7) is 3.65. The average Bonchev–Trinajstić information content (AvgIpc) is 2.65. The number of benzene rings is 1. The quantitative estimate of drug-likeness (QED) is 0.570. The Bertz CT molecular complexity index is 646. The summed E-state index contributed by atoms with van der Waals surface area (Å²) in [6, 6.07) is 4.83. The van der Waals surface area contributed by atoms with Gasteiger partial charge in [0, 0.05) is 5.02 Å². The van der Waals surface area contributed by atoms with Gasteiger partial charge >= 0.3 is 5.91 Å². The molecule has 1 fully saturated rings. The normalized spacial score (nSPS) is 16.5. The van der Waals surface area contributed by atoms with E-state index in [0.29, 0.717) is 15.7 Å². The third-order valence-corrected chi connectivity index (χ3v) is 3.11. The maximum Gasteiger partial charge on any atom is 0.301 e. The summed E-state index contributed by atoms with van der Waals surface area (Å²) in [5.74, 6) is -0.500. The van der Waals surface area contributed by atoms with Crippen LogP contribution < -0.4 is 16.6 Å². The first kappa shape index (κ1) is 14.6. The lowest BCUT2D eigenvalue weighted by atomic mass is 10.3. The van der Waals surface area contributed by atoms with Crippen LogP contribution in [-0.4, -0.2) is 21.7 Å². The molecule has 0 bridgehead atoms. The molecule has 2 rings (SSSR count). The van der Waals surface area contributed by atoms with Crippen molar-refractivity contribution in [1.29, 1.82) is 0 Å². The van der Waals surface area contributed by atoms with E-state index >= 15 is 0 Å². The van der Waals surface area contributed by atoms with Gasteiger partial charge < -0.3 is 5.73 Å². The van der Waals surface area contributed by atoms with Crippen molar-refractivity contribution in [3.8, 4) is 0 Å². The first-order valence-electron chi connectivity index (χ1n) is 5.28. The molecule has 0 saturated carbocycles. The molecule has 0 aromatic heterocycles. The minimum absolute atomic E-state index is 0.0591. The molecular formula is C11H9Cl2N5OS. The smallest absolute Gasteiger partial charge is 0.301 e. The largest absolute Gasteiger partial charge is 0.374 e. The van der Waals surface area contributed by atoms with Gasteiger partial charge in [0.1, 0.15) is 0 Å². The fraction of sp³-hybridized carbons (Fsp3) is 0. The lowest BCUT2D eigenvalue weighted by Gasteiger charge is -2.11. The van der Waals surface area contributed by atoms with Gasteiger partial charge in [0.05, 0.1) is 16.4 Å². The summed E-state index contributed by atoms with van der Waals surface area (Å²) in [4.78, 5) is 11.9. The molecule has 1 heterocycles. The van der Waals surface area contributed by atoms with Crippen LogP contribution in [0.15, 0.2) is 35.6 Å². The highest BCUT2D eigenvalue weighted by Gasteiger charge is 2.32. The van der Waals surface area contributed by atoms with E-state index in [4.69, 9.17) is 41.2 Å². The van der Waals surface area contributed by atoms with Gasteiger partial charge in [-0.05, 0) is 30.4 Å². The summed E-state index contributed by atoms with van der Waals surface area (Å²) in [5.41, 5.74) is 11.5. The number of hydrogen-bond donors (Lipinski definition) is 3. The SMILES string of the molecule is C=C1NN(C(N)=S)C(=O)C1=NNc1ccc(Cl)cc1Cl. The Labute approximate surface area is 130 Å². The van der Waals surface area contributed by atoms with Crippen molar-refractivity contribution >= 4 is 57.8 Å². The second-order valence-electron chi connectivity index (χ2n) is 3.77. The first-order valence-corrected chi connectivity index (χ1v) is 6.45. The van der Waals surface area contributed by atoms with Gasteiger partial charge in [0.2, 0.25) is 0 Å². The maximum atomic E-state index is 11.9. The van der Waals surface area contributed by atoms with E-state index in [1.807, 2.05) is 0 Å². The summed E-state index contributed by atoms with van der Waals surface area (Å²) in [6.07, 6.45) is 0. The van der Waals surface area contributed by atoms with Gasteiger partial charge in [-0.25, -0.2) is 0 Å². The second kappa shape index (κ2) is 5.66. The Morgan fingerprint density at radius 3 is 2.75 bits per heavy atom. The van der Waals surface area contributed by atoms with Crippen LogP contribution in [-0.2, 0) is 4.79 Å². The van der Waals surface area contributed by atoms with E-state index in [9.17, 15) is 4.79 Å². The van der Waals surface area contributed by atoms with Crippen molar-refractivity contribution in [2.24, 2.45) is 10.8 Å². The van der Waals surface area contributed by atoms with Crippen LogP contribution in [0.1, 0.15) is 0 Å². The monoisotopic (exact) mass is 329 g/mol. The highest BCUT2D eigenvalue weighted by atomic mass is 35.5. The van der Waals surface area contributed by atoms with Crippen molar-refractivity contribution in [3.63, 3.8) is 0 Å². The zero-order valence-electron chi connectivity index (χ0n) is 9.98. The summed E-state index contributed by atoms with van der Waals surface area (Å²) in [5, 5.41) is 5.67. The van der Waals surface area contributed by atoms with Crippen LogP contribution in [0.4, 0.5) is 5.69 Å². The summed E-state index contributed by atoms with van der Waals surface area (Å²) >= 11 is 16.5. The van der Waals surface area contributed by atoms with E-state index in [2.05, 4.69) is 22.5 Å². The topological polar surface area (TPSA) is 82.8 Å². The fourth-order valence-electron chi connectivity index (χ4n) is 1.44. The molecule has 6 nitrogen and oxygen atoms in total. The molecule has 0 atom stereocenters. The number of anilines is 1. The predicted molar refractivity (Wildman–Crippen MR) is 83.4 cm³/mol. The fourth-order valence-corrected chi connectivity index (χ4v) is 2.02. The number of nitrogens with two attached hydrogens (primary N) is 1. The van der Waals surface area contributed by atoms with Gasteiger partial charge in [0.15, 0.2) is 10.8 Å². The summed E-state index contributed by atoms with van der Waals surface area (Å²) in [7, 11) is 0. The minimum atomic E-state index is -0.500. The van der Waals surface area contributed by atoms with Crippen molar-refractivity contribution in [1.82, 2.24) is 10.4 Å². The number of hydrogen-bond acceptors (Lipinski definition) is 5.